The number of alkyl halides is 2. The highest BCUT2D eigenvalue weighted by molar-refractivity contribution is 6.07. The number of likely N-dealkylation sites (N-methyl/N-ethyl adjacent to an activating group) is 1. The molecule has 0 bridgehead atoms. The molecular formula is C25H28F3N5O4. The molecule has 1 aromatic carbocycles. The first-order valence-electron chi connectivity index (χ1n) is 11.8. The number of hydrogen-bond acceptors (Lipinski definition) is 5. The number of aromatic amines is 1. The lowest BCUT2D eigenvalue weighted by Gasteiger charge is -2.40. The number of H-pyrrole nitrogens is 1. The summed E-state index contributed by atoms with van der Waals surface area (Å²) in [5.74, 6) is -1.80. The van der Waals surface area contributed by atoms with Crippen LogP contribution < -0.4 is 15.8 Å². The van der Waals surface area contributed by atoms with Gasteiger partial charge in [0.25, 0.3) is 12.3 Å². The van der Waals surface area contributed by atoms with E-state index in [-0.39, 0.29) is 30.4 Å². The maximum absolute atomic E-state index is 16.1. The average molecular weight is 520 g/mol. The highest BCUT2D eigenvalue weighted by atomic mass is 19.3. The Labute approximate surface area is 211 Å². The normalized spacial score (nSPS) is 18.6. The van der Waals surface area contributed by atoms with Gasteiger partial charge < -0.3 is 30.1 Å². The first-order chi connectivity index (χ1) is 17.6. The maximum Gasteiger partial charge on any atom is 0.407 e. The molecule has 9 nitrogen and oxygen atoms in total. The molecule has 12 heteroatoms. The monoisotopic (exact) mass is 519 g/mol. The topological polar surface area (TPSA) is 109 Å². The molecule has 0 radical (unpaired) electrons. The van der Waals surface area contributed by atoms with Crippen LogP contribution in [-0.2, 0) is 0 Å². The van der Waals surface area contributed by atoms with E-state index < -0.39 is 40.9 Å². The fourth-order valence-electron chi connectivity index (χ4n) is 4.61. The van der Waals surface area contributed by atoms with Gasteiger partial charge in [0.05, 0.1) is 11.3 Å². The molecule has 0 unspecified atom stereocenters. The Morgan fingerprint density at radius 1 is 1.22 bits per heavy atom. The van der Waals surface area contributed by atoms with Gasteiger partial charge >= 0.3 is 6.09 Å². The second kappa shape index (κ2) is 10.7. The van der Waals surface area contributed by atoms with Gasteiger partial charge in [-0.1, -0.05) is 6.08 Å². The van der Waals surface area contributed by atoms with E-state index in [9.17, 15) is 28.3 Å². The van der Waals surface area contributed by atoms with E-state index in [1.165, 1.54) is 0 Å². The molecule has 37 heavy (non-hydrogen) atoms. The van der Waals surface area contributed by atoms with Crippen molar-refractivity contribution in [2.45, 2.75) is 25.8 Å². The van der Waals surface area contributed by atoms with Crippen LogP contribution in [0.25, 0.3) is 5.57 Å². The van der Waals surface area contributed by atoms with E-state index in [0.29, 0.717) is 43.4 Å². The quantitative estimate of drug-likeness (QED) is 0.557. The van der Waals surface area contributed by atoms with Crippen molar-refractivity contribution in [2.75, 3.05) is 50.0 Å². The minimum atomic E-state index is -3.09. The Morgan fingerprint density at radius 3 is 2.65 bits per heavy atom. The third-order valence-electron chi connectivity index (χ3n) is 6.86. The van der Waals surface area contributed by atoms with Crippen molar-refractivity contribution < 1.29 is 27.9 Å². The standard InChI is InChI=1S/C25H28F3N5O4/c1-14-12-32(9-8-31(14)2)19-6-5-16(15-4-3-7-33(13-15)25(36)37)21(26)22(19)30-24(35)18-11-29-20(34)10-17(18)23(27)28/h4-6,10-11,14,23H,3,7-9,12-13H2,1-2H3,(H,29,34)(H,30,35)(H,36,37)/t14-/m1/s1. The number of rotatable bonds is 5. The van der Waals surface area contributed by atoms with E-state index in [4.69, 9.17) is 0 Å². The number of aromatic nitrogens is 1. The SMILES string of the molecule is C[C@@H]1CN(c2ccc(C3=CCCN(C(=O)O)C3)c(F)c2NC(=O)c2c[nH]c(=O)cc2C(F)F)CCN1C. The molecule has 0 saturated carbocycles. The lowest BCUT2D eigenvalue weighted by atomic mass is 9.98. The minimum Gasteiger partial charge on any atom is -0.465 e. The first kappa shape index (κ1) is 26.3. The molecule has 3 heterocycles. The summed E-state index contributed by atoms with van der Waals surface area (Å²) in [6.45, 7) is 4.03. The minimum absolute atomic E-state index is 0.0278. The number of nitrogens with zero attached hydrogens (tertiary/aromatic N) is 3. The van der Waals surface area contributed by atoms with Gasteiger partial charge in [-0.25, -0.2) is 18.0 Å². The predicted octanol–water partition coefficient (Wildman–Crippen LogP) is 3.61. The second-order valence-electron chi connectivity index (χ2n) is 9.24. The van der Waals surface area contributed by atoms with Gasteiger partial charge in [0.15, 0.2) is 5.82 Å². The van der Waals surface area contributed by atoms with Crippen LogP contribution in [0.4, 0.5) is 29.3 Å². The van der Waals surface area contributed by atoms with E-state index in [2.05, 4.69) is 15.2 Å². The molecule has 0 spiro atoms. The number of halogens is 3. The third-order valence-corrected chi connectivity index (χ3v) is 6.86. The smallest absolute Gasteiger partial charge is 0.407 e. The Bertz CT molecular complexity index is 1300. The van der Waals surface area contributed by atoms with E-state index in [1.807, 2.05) is 18.9 Å². The van der Waals surface area contributed by atoms with Crippen LogP contribution in [0.3, 0.4) is 0 Å². The van der Waals surface area contributed by atoms with Gasteiger partial charge in [-0.2, -0.15) is 0 Å². The van der Waals surface area contributed by atoms with E-state index in [0.717, 1.165) is 11.1 Å². The van der Waals surface area contributed by atoms with E-state index >= 15 is 4.39 Å². The molecule has 2 aliphatic rings. The van der Waals surface area contributed by atoms with Crippen LogP contribution in [0.1, 0.15) is 41.3 Å². The predicted molar refractivity (Wildman–Crippen MR) is 133 cm³/mol. The Balaban J connectivity index is 1.77. The van der Waals surface area contributed by atoms with Gasteiger partial charge in [-0.3, -0.25) is 9.59 Å². The van der Waals surface area contributed by atoms with Crippen molar-refractivity contribution in [1.29, 1.82) is 0 Å². The summed E-state index contributed by atoms with van der Waals surface area (Å²) < 4.78 is 43.2. The molecule has 2 amide bonds. The molecular weight excluding hydrogens is 491 g/mol. The Hall–Kier alpha value is -3.80. The molecule has 1 saturated heterocycles. The fourth-order valence-corrected chi connectivity index (χ4v) is 4.61. The highest BCUT2D eigenvalue weighted by Gasteiger charge is 2.29. The Kier molecular flexibility index (Phi) is 7.58. The summed E-state index contributed by atoms with van der Waals surface area (Å²) in [6.07, 6.45) is -1.19. The van der Waals surface area contributed by atoms with E-state index in [1.54, 1.807) is 18.2 Å². The number of pyridine rings is 1. The number of anilines is 2. The number of carbonyl (C=O) groups excluding carboxylic acids is 1. The van der Waals surface area contributed by atoms with Crippen LogP contribution in [0, 0.1) is 5.82 Å². The lowest BCUT2D eigenvalue weighted by Crippen LogP contribution is -2.50. The average Bonchev–Trinajstić information content (AvgIpc) is 2.86. The molecule has 4 rings (SSSR count). The van der Waals surface area contributed by atoms with Gasteiger partial charge in [0.2, 0.25) is 5.56 Å². The summed E-state index contributed by atoms with van der Waals surface area (Å²) >= 11 is 0. The molecule has 1 aromatic heterocycles. The number of piperazine rings is 1. The van der Waals surface area contributed by atoms with Crippen LogP contribution in [0.2, 0.25) is 0 Å². The van der Waals surface area contributed by atoms with Gasteiger partial charge in [-0.15, -0.1) is 0 Å². The largest absolute Gasteiger partial charge is 0.465 e. The third kappa shape index (κ3) is 5.48. The lowest BCUT2D eigenvalue weighted by molar-refractivity contribution is 0.101. The zero-order valence-electron chi connectivity index (χ0n) is 20.4. The summed E-state index contributed by atoms with van der Waals surface area (Å²) in [4.78, 5) is 43.6. The Morgan fingerprint density at radius 2 is 1.97 bits per heavy atom. The number of amides is 2. The van der Waals surface area contributed by atoms with Crippen LogP contribution in [-0.4, -0.2) is 77.7 Å². The molecule has 1 fully saturated rings. The van der Waals surface area contributed by atoms with Crippen molar-refractivity contribution >= 4 is 28.9 Å². The van der Waals surface area contributed by atoms with Crippen LogP contribution in [0.15, 0.2) is 35.3 Å². The summed E-state index contributed by atoms with van der Waals surface area (Å²) in [6, 6.07) is 3.97. The summed E-state index contributed by atoms with van der Waals surface area (Å²) in [5.41, 5.74) is -1.30. The van der Waals surface area contributed by atoms with Crippen molar-refractivity contribution in [3.63, 3.8) is 0 Å². The molecule has 2 aliphatic heterocycles. The molecule has 3 N–H and O–H groups in total. The molecule has 2 aromatic rings. The van der Waals surface area contributed by atoms with Crippen molar-refractivity contribution in [2.24, 2.45) is 0 Å². The van der Waals surface area contributed by atoms with Crippen LogP contribution >= 0.6 is 0 Å². The van der Waals surface area contributed by atoms with Crippen molar-refractivity contribution in [3.05, 3.63) is 63.3 Å². The maximum atomic E-state index is 16.1. The highest BCUT2D eigenvalue weighted by Crippen LogP contribution is 2.36. The summed E-state index contributed by atoms with van der Waals surface area (Å²) in [7, 11) is 1.97. The number of carboxylic acid groups (broad SMARTS) is 1. The number of benzene rings is 1. The zero-order valence-corrected chi connectivity index (χ0v) is 20.4. The van der Waals surface area contributed by atoms with Gasteiger partial charge in [0.1, 0.15) is 5.69 Å². The van der Waals surface area contributed by atoms with Gasteiger partial charge in [-0.05, 0) is 38.1 Å². The van der Waals surface area contributed by atoms with Gasteiger partial charge in [0, 0.05) is 62.2 Å². The van der Waals surface area contributed by atoms with Crippen LogP contribution in [0.5, 0.6) is 0 Å². The number of nitrogens with one attached hydrogen (secondary N) is 2. The number of carbonyl (C=O) groups is 2. The molecule has 0 aliphatic carbocycles. The zero-order chi connectivity index (χ0) is 26.9. The molecule has 1 atom stereocenters. The summed E-state index contributed by atoms with van der Waals surface area (Å²) in [5, 5.41) is 11.8. The fraction of sp³-hybridized carbons (Fsp3) is 0.400. The van der Waals surface area contributed by atoms with Crippen molar-refractivity contribution in [3.8, 4) is 0 Å². The van der Waals surface area contributed by atoms with Crippen molar-refractivity contribution in [1.82, 2.24) is 14.8 Å². The molecule has 198 valence electrons. The number of hydrogen-bond donors (Lipinski definition) is 3. The first-order valence-corrected chi connectivity index (χ1v) is 11.8. The second-order valence-corrected chi connectivity index (χ2v) is 9.24.